The predicted molar refractivity (Wildman–Crippen MR) is 45.1 cm³/mol. The summed E-state index contributed by atoms with van der Waals surface area (Å²) in [4.78, 5) is 2.77. The second-order valence-corrected chi connectivity index (χ2v) is 3.06. The lowest BCUT2D eigenvalue weighted by atomic mass is 10.2. The first-order chi connectivity index (χ1) is 8.04. The summed E-state index contributed by atoms with van der Waals surface area (Å²) >= 11 is 0. The minimum Gasteiger partial charge on any atom is -0.387 e. The van der Waals surface area contributed by atoms with Gasteiger partial charge in [0.2, 0.25) is 5.88 Å². The number of rotatable bonds is 2. The molecule has 102 valence electrons. The molecule has 18 heavy (non-hydrogen) atoms. The van der Waals surface area contributed by atoms with Crippen molar-refractivity contribution in [2.24, 2.45) is 0 Å². The van der Waals surface area contributed by atoms with E-state index in [0.29, 0.717) is 0 Å². The highest BCUT2D eigenvalue weighted by Gasteiger charge is 2.37. The molecule has 0 aromatic carbocycles. The van der Waals surface area contributed by atoms with Crippen LogP contribution in [0.3, 0.4) is 0 Å². The van der Waals surface area contributed by atoms with Gasteiger partial charge in [-0.05, 0) is 6.07 Å². The topological polar surface area (TPSA) is 48.1 Å². The number of alkyl halides is 7. The third-order valence-electron chi connectivity index (χ3n) is 1.75. The Balaban J connectivity index is 3.28. The Hall–Kier alpha value is -1.74. The average molecular weight is 278 g/mol. The molecule has 0 atom stereocenters. The maximum absolute atomic E-state index is 12.4. The fourth-order valence-corrected chi connectivity index (χ4v) is 1.07. The van der Waals surface area contributed by atoms with Crippen LogP contribution in [0, 0.1) is 0 Å². The van der Waals surface area contributed by atoms with E-state index in [2.05, 4.69) is 9.72 Å². The number of hydrogen-bond acceptors (Lipinski definition) is 3. The molecule has 1 aromatic rings. The molecule has 1 heterocycles. The second-order valence-electron chi connectivity index (χ2n) is 3.06. The Labute approximate surface area is 95.4 Å². The molecule has 1 aromatic heterocycles. The summed E-state index contributed by atoms with van der Waals surface area (Å²) in [5.41, 5.74) is 2.33. The Morgan fingerprint density at radius 2 is 1.72 bits per heavy atom. The van der Waals surface area contributed by atoms with Gasteiger partial charge in [0.15, 0.2) is 0 Å². The number of nitrogens with two attached hydrogens (primary N) is 1. The van der Waals surface area contributed by atoms with Crippen molar-refractivity contribution in [2.45, 2.75) is 19.2 Å². The standard InChI is InChI=1S/C8H5F7N2O/c9-2-3-1-4(7(10,11)12)5(16)17-6(3)18-8(13,14)15/h1H,2H2,(H2,16,17). The third-order valence-corrected chi connectivity index (χ3v) is 1.75. The molecular weight excluding hydrogens is 273 g/mol. The van der Waals surface area contributed by atoms with Gasteiger partial charge in [0.1, 0.15) is 12.5 Å². The van der Waals surface area contributed by atoms with Gasteiger partial charge in [-0.15, -0.1) is 13.2 Å². The van der Waals surface area contributed by atoms with Gasteiger partial charge in [0.25, 0.3) is 0 Å². The van der Waals surface area contributed by atoms with E-state index in [1.807, 2.05) is 0 Å². The van der Waals surface area contributed by atoms with Crippen molar-refractivity contribution in [3.8, 4) is 5.88 Å². The van der Waals surface area contributed by atoms with Crippen molar-refractivity contribution >= 4 is 5.82 Å². The van der Waals surface area contributed by atoms with E-state index >= 15 is 0 Å². The second kappa shape index (κ2) is 4.50. The van der Waals surface area contributed by atoms with Gasteiger partial charge in [0, 0.05) is 5.56 Å². The zero-order valence-electron chi connectivity index (χ0n) is 8.36. The molecule has 1 rings (SSSR count). The summed E-state index contributed by atoms with van der Waals surface area (Å²) in [6.07, 6.45) is -10.2. The Morgan fingerprint density at radius 3 is 2.11 bits per heavy atom. The summed E-state index contributed by atoms with van der Waals surface area (Å²) in [5, 5.41) is 0. The normalized spacial score (nSPS) is 12.6. The Morgan fingerprint density at radius 1 is 1.17 bits per heavy atom. The summed E-state index contributed by atoms with van der Waals surface area (Å²) < 4.78 is 88.3. The average Bonchev–Trinajstić information content (AvgIpc) is 2.13. The minimum absolute atomic E-state index is 0.128. The van der Waals surface area contributed by atoms with Crippen LogP contribution < -0.4 is 10.5 Å². The number of hydrogen-bond donors (Lipinski definition) is 1. The van der Waals surface area contributed by atoms with Crippen LogP contribution in [0.2, 0.25) is 0 Å². The molecule has 0 fully saturated rings. The summed E-state index contributed by atoms with van der Waals surface area (Å²) in [5.74, 6) is -2.56. The highest BCUT2D eigenvalue weighted by molar-refractivity contribution is 5.47. The highest BCUT2D eigenvalue weighted by Crippen LogP contribution is 2.36. The van der Waals surface area contributed by atoms with E-state index in [-0.39, 0.29) is 6.07 Å². The Kier molecular flexibility index (Phi) is 3.58. The first-order valence-electron chi connectivity index (χ1n) is 4.23. The molecule has 0 aliphatic carbocycles. The van der Waals surface area contributed by atoms with Crippen molar-refractivity contribution in [2.75, 3.05) is 5.73 Å². The molecule has 0 radical (unpaired) electrons. The molecule has 0 saturated heterocycles. The van der Waals surface area contributed by atoms with Crippen LogP contribution in [0.1, 0.15) is 11.1 Å². The quantitative estimate of drug-likeness (QED) is 0.846. The van der Waals surface area contributed by atoms with Gasteiger partial charge >= 0.3 is 12.5 Å². The van der Waals surface area contributed by atoms with Crippen molar-refractivity contribution in [1.29, 1.82) is 0 Å². The number of nitrogens with zero attached hydrogens (tertiary/aromatic N) is 1. The van der Waals surface area contributed by atoms with Crippen molar-refractivity contribution in [3.63, 3.8) is 0 Å². The molecule has 0 aliphatic heterocycles. The summed E-state index contributed by atoms with van der Waals surface area (Å²) in [6.45, 7) is -1.61. The zero-order chi connectivity index (χ0) is 14.1. The van der Waals surface area contributed by atoms with Crippen molar-refractivity contribution in [1.82, 2.24) is 4.98 Å². The van der Waals surface area contributed by atoms with Crippen LogP contribution in [-0.4, -0.2) is 11.3 Å². The molecule has 0 unspecified atom stereocenters. The highest BCUT2D eigenvalue weighted by atomic mass is 19.4. The van der Waals surface area contributed by atoms with Gasteiger partial charge < -0.3 is 10.5 Å². The fourth-order valence-electron chi connectivity index (χ4n) is 1.07. The lowest BCUT2D eigenvalue weighted by Crippen LogP contribution is -2.20. The van der Waals surface area contributed by atoms with Gasteiger partial charge in [-0.1, -0.05) is 0 Å². The molecule has 3 nitrogen and oxygen atoms in total. The molecule has 0 spiro atoms. The smallest absolute Gasteiger partial charge is 0.387 e. The Bertz CT molecular complexity index is 440. The molecule has 0 saturated carbocycles. The van der Waals surface area contributed by atoms with Crippen molar-refractivity contribution in [3.05, 3.63) is 17.2 Å². The summed E-state index contributed by atoms with van der Waals surface area (Å²) in [6, 6.07) is 0.128. The molecule has 10 heteroatoms. The monoisotopic (exact) mass is 278 g/mol. The SMILES string of the molecule is Nc1nc(OC(F)(F)F)c(CF)cc1C(F)(F)F. The molecule has 2 N–H and O–H groups in total. The van der Waals surface area contributed by atoms with Crippen LogP contribution in [0.5, 0.6) is 5.88 Å². The first-order valence-corrected chi connectivity index (χ1v) is 4.23. The van der Waals surface area contributed by atoms with E-state index in [1.165, 1.54) is 0 Å². The summed E-state index contributed by atoms with van der Waals surface area (Å²) in [7, 11) is 0. The molecule has 0 aliphatic rings. The van der Waals surface area contributed by atoms with Gasteiger partial charge in [-0.3, -0.25) is 0 Å². The molecule has 0 amide bonds. The number of nitrogen functional groups attached to an aromatic ring is 1. The third kappa shape index (κ3) is 3.37. The maximum atomic E-state index is 12.4. The van der Waals surface area contributed by atoms with E-state index in [0.717, 1.165) is 0 Å². The number of ether oxygens (including phenoxy) is 1. The predicted octanol–water partition coefficient (Wildman–Crippen LogP) is 3.05. The lowest BCUT2D eigenvalue weighted by Gasteiger charge is -2.14. The van der Waals surface area contributed by atoms with E-state index in [9.17, 15) is 30.7 Å². The minimum atomic E-state index is -5.21. The van der Waals surface area contributed by atoms with Gasteiger partial charge in [-0.2, -0.15) is 18.2 Å². The van der Waals surface area contributed by atoms with Crippen LogP contribution in [0.15, 0.2) is 6.07 Å². The number of pyridine rings is 1. The fraction of sp³-hybridized carbons (Fsp3) is 0.375. The zero-order valence-corrected chi connectivity index (χ0v) is 8.36. The number of aromatic nitrogens is 1. The number of anilines is 1. The van der Waals surface area contributed by atoms with E-state index < -0.39 is 42.0 Å². The van der Waals surface area contributed by atoms with Crippen LogP contribution >= 0.6 is 0 Å². The number of halogens is 7. The van der Waals surface area contributed by atoms with Gasteiger partial charge in [-0.25, -0.2) is 4.39 Å². The van der Waals surface area contributed by atoms with Crippen molar-refractivity contribution < 1.29 is 35.5 Å². The van der Waals surface area contributed by atoms with E-state index in [4.69, 9.17) is 5.73 Å². The lowest BCUT2D eigenvalue weighted by molar-refractivity contribution is -0.276. The maximum Gasteiger partial charge on any atom is 0.574 e. The van der Waals surface area contributed by atoms with Crippen LogP contribution in [-0.2, 0) is 12.9 Å². The van der Waals surface area contributed by atoms with Crippen LogP contribution in [0.25, 0.3) is 0 Å². The largest absolute Gasteiger partial charge is 0.574 e. The van der Waals surface area contributed by atoms with E-state index in [1.54, 1.807) is 0 Å². The van der Waals surface area contributed by atoms with Gasteiger partial charge in [0.05, 0.1) is 5.56 Å². The van der Waals surface area contributed by atoms with Crippen LogP contribution in [0.4, 0.5) is 36.6 Å². The first kappa shape index (κ1) is 14.3. The molecular formula is C8H5F7N2O. The molecule has 0 bridgehead atoms.